The quantitative estimate of drug-likeness (QED) is 0.190. The fourth-order valence-electron chi connectivity index (χ4n) is 2.23. The molecule has 0 bridgehead atoms. The van der Waals surface area contributed by atoms with E-state index >= 15 is 0 Å². The fraction of sp³-hybridized carbons (Fsp3) is 0.765. The number of carbonyl (C=O) groups is 4. The van der Waals surface area contributed by atoms with Gasteiger partial charge < -0.3 is 32.5 Å². The molecule has 4 atom stereocenters. The standard InChI is InChI=1S/C17H33N5O5S/c1-10(19)14(23)20-11(2)15(24)21-12(6-4-5-8-18)16(25)22-13(17(26)27)7-9-28-3/h10-13H,4-9,18-19H2,1-3H3,(H,20,23)(H,21,24)(H,22,25)(H,26,27). The van der Waals surface area contributed by atoms with Gasteiger partial charge >= 0.3 is 5.97 Å². The number of nitrogens with one attached hydrogen (secondary N) is 3. The summed E-state index contributed by atoms with van der Waals surface area (Å²) in [6.07, 6.45) is 3.65. The predicted octanol–water partition coefficient (Wildman–Crippen LogP) is -1.23. The molecule has 0 fully saturated rings. The zero-order chi connectivity index (χ0) is 21.7. The van der Waals surface area contributed by atoms with Crippen molar-refractivity contribution >= 4 is 35.5 Å². The van der Waals surface area contributed by atoms with E-state index in [-0.39, 0.29) is 6.42 Å². The Morgan fingerprint density at radius 2 is 1.54 bits per heavy atom. The second-order valence-corrected chi connectivity index (χ2v) is 7.53. The van der Waals surface area contributed by atoms with Gasteiger partial charge in [-0.2, -0.15) is 11.8 Å². The lowest BCUT2D eigenvalue weighted by Crippen LogP contribution is -2.56. The minimum Gasteiger partial charge on any atom is -0.480 e. The Morgan fingerprint density at radius 1 is 0.929 bits per heavy atom. The number of carbonyl (C=O) groups excluding carboxylic acids is 3. The van der Waals surface area contributed by atoms with Crippen LogP contribution >= 0.6 is 11.8 Å². The summed E-state index contributed by atoms with van der Waals surface area (Å²) < 4.78 is 0. The Bertz CT molecular complexity index is 532. The minimum absolute atomic E-state index is 0.270. The molecule has 28 heavy (non-hydrogen) atoms. The van der Waals surface area contributed by atoms with E-state index in [9.17, 15) is 24.3 Å². The number of aliphatic carboxylic acids is 1. The maximum Gasteiger partial charge on any atom is 0.326 e. The molecule has 162 valence electrons. The highest BCUT2D eigenvalue weighted by Crippen LogP contribution is 2.05. The van der Waals surface area contributed by atoms with Gasteiger partial charge in [0.2, 0.25) is 17.7 Å². The van der Waals surface area contributed by atoms with Crippen molar-refractivity contribution in [1.82, 2.24) is 16.0 Å². The summed E-state index contributed by atoms with van der Waals surface area (Å²) in [6, 6.07) is -3.63. The number of nitrogens with two attached hydrogens (primary N) is 2. The van der Waals surface area contributed by atoms with Crippen LogP contribution in [0.2, 0.25) is 0 Å². The van der Waals surface area contributed by atoms with Crippen molar-refractivity contribution in [2.75, 3.05) is 18.6 Å². The molecule has 0 heterocycles. The highest BCUT2D eigenvalue weighted by Gasteiger charge is 2.28. The first-order valence-electron chi connectivity index (χ1n) is 9.22. The molecule has 0 aliphatic heterocycles. The van der Waals surface area contributed by atoms with E-state index in [0.717, 1.165) is 0 Å². The van der Waals surface area contributed by atoms with Crippen molar-refractivity contribution in [2.45, 2.75) is 63.7 Å². The Morgan fingerprint density at radius 3 is 2.04 bits per heavy atom. The van der Waals surface area contributed by atoms with Crippen molar-refractivity contribution in [1.29, 1.82) is 0 Å². The van der Waals surface area contributed by atoms with Gasteiger partial charge in [0.1, 0.15) is 18.1 Å². The summed E-state index contributed by atoms with van der Waals surface area (Å²) in [6.45, 7) is 3.40. The summed E-state index contributed by atoms with van der Waals surface area (Å²) in [7, 11) is 0. The third kappa shape index (κ3) is 10.5. The molecule has 0 aromatic rings. The van der Waals surface area contributed by atoms with Gasteiger partial charge in [-0.15, -0.1) is 0 Å². The molecule has 0 aromatic carbocycles. The lowest BCUT2D eigenvalue weighted by Gasteiger charge is -2.23. The molecular weight excluding hydrogens is 386 g/mol. The van der Waals surface area contributed by atoms with E-state index in [1.807, 2.05) is 6.26 Å². The van der Waals surface area contributed by atoms with E-state index in [1.165, 1.54) is 25.6 Å². The zero-order valence-electron chi connectivity index (χ0n) is 16.7. The molecule has 0 saturated heterocycles. The summed E-state index contributed by atoms with van der Waals surface area (Å²) in [4.78, 5) is 47.9. The van der Waals surface area contributed by atoms with Crippen molar-refractivity contribution < 1.29 is 24.3 Å². The van der Waals surface area contributed by atoms with Crippen LogP contribution in [-0.2, 0) is 19.2 Å². The van der Waals surface area contributed by atoms with E-state index in [1.54, 1.807) is 0 Å². The third-order valence-corrected chi connectivity index (χ3v) is 4.61. The van der Waals surface area contributed by atoms with Gasteiger partial charge in [-0.3, -0.25) is 14.4 Å². The molecule has 0 aliphatic carbocycles. The third-order valence-electron chi connectivity index (χ3n) is 3.97. The number of rotatable bonds is 14. The Balaban J connectivity index is 5.03. The molecule has 8 N–H and O–H groups in total. The number of carboxylic acids is 1. The van der Waals surface area contributed by atoms with E-state index in [2.05, 4.69) is 16.0 Å². The van der Waals surface area contributed by atoms with Crippen molar-refractivity contribution in [3.63, 3.8) is 0 Å². The SMILES string of the molecule is CSCCC(NC(=O)C(CCCCN)NC(=O)C(C)NC(=O)C(C)N)C(=O)O. The zero-order valence-corrected chi connectivity index (χ0v) is 17.5. The van der Waals surface area contributed by atoms with Gasteiger partial charge in [0, 0.05) is 0 Å². The van der Waals surface area contributed by atoms with Gasteiger partial charge in [0.15, 0.2) is 0 Å². The molecule has 0 saturated carbocycles. The number of thioether (sulfide) groups is 1. The summed E-state index contributed by atoms with van der Waals surface area (Å²) >= 11 is 1.47. The second-order valence-electron chi connectivity index (χ2n) is 6.55. The topological polar surface area (TPSA) is 177 Å². The van der Waals surface area contributed by atoms with Crippen LogP contribution in [0.1, 0.15) is 39.5 Å². The number of hydrogen-bond acceptors (Lipinski definition) is 7. The normalized spacial score (nSPS) is 15.0. The average Bonchev–Trinajstić information content (AvgIpc) is 2.63. The number of unbranched alkanes of at least 4 members (excludes halogenated alkanes) is 1. The molecule has 3 amide bonds. The molecule has 0 radical (unpaired) electrons. The Kier molecular flexibility index (Phi) is 13.3. The molecule has 0 rings (SSSR count). The number of hydrogen-bond donors (Lipinski definition) is 6. The smallest absolute Gasteiger partial charge is 0.326 e. The van der Waals surface area contributed by atoms with Crippen LogP contribution in [0, 0.1) is 0 Å². The highest BCUT2D eigenvalue weighted by atomic mass is 32.2. The first kappa shape index (κ1) is 26.1. The molecule has 0 aromatic heterocycles. The van der Waals surface area contributed by atoms with Crippen LogP contribution in [0.15, 0.2) is 0 Å². The van der Waals surface area contributed by atoms with Gasteiger partial charge in [0.05, 0.1) is 6.04 Å². The molecule has 4 unspecified atom stereocenters. The lowest BCUT2D eigenvalue weighted by molar-refractivity contribution is -0.142. The number of amides is 3. The number of carboxylic acid groups (broad SMARTS) is 1. The monoisotopic (exact) mass is 419 g/mol. The lowest BCUT2D eigenvalue weighted by atomic mass is 10.1. The summed E-state index contributed by atoms with van der Waals surface area (Å²) in [5.41, 5.74) is 10.9. The van der Waals surface area contributed by atoms with Gasteiger partial charge in [-0.1, -0.05) is 0 Å². The fourth-order valence-corrected chi connectivity index (χ4v) is 2.71. The Hall–Kier alpha value is -1.85. The van der Waals surface area contributed by atoms with E-state index < -0.39 is 47.9 Å². The van der Waals surface area contributed by atoms with Crippen molar-refractivity contribution in [2.24, 2.45) is 11.5 Å². The van der Waals surface area contributed by atoms with Crippen LogP contribution in [-0.4, -0.2) is 71.5 Å². The first-order valence-corrected chi connectivity index (χ1v) is 10.6. The average molecular weight is 420 g/mol. The highest BCUT2D eigenvalue weighted by molar-refractivity contribution is 7.98. The van der Waals surface area contributed by atoms with Gasteiger partial charge in [0.25, 0.3) is 0 Å². The van der Waals surface area contributed by atoms with E-state index in [0.29, 0.717) is 31.6 Å². The van der Waals surface area contributed by atoms with Gasteiger partial charge in [-0.25, -0.2) is 4.79 Å². The second kappa shape index (κ2) is 14.2. The minimum atomic E-state index is -1.13. The summed E-state index contributed by atoms with van der Waals surface area (Å²) in [5.74, 6) is -2.19. The van der Waals surface area contributed by atoms with Crippen LogP contribution in [0.5, 0.6) is 0 Å². The first-order chi connectivity index (χ1) is 13.1. The molecular formula is C17H33N5O5S. The summed E-state index contributed by atoms with van der Waals surface area (Å²) in [5, 5.41) is 16.8. The van der Waals surface area contributed by atoms with Crippen molar-refractivity contribution in [3.05, 3.63) is 0 Å². The molecule has 0 aliphatic rings. The maximum atomic E-state index is 12.6. The largest absolute Gasteiger partial charge is 0.480 e. The van der Waals surface area contributed by atoms with Crippen LogP contribution in [0.4, 0.5) is 0 Å². The molecule has 11 heteroatoms. The Labute approximate surface area is 169 Å². The maximum absolute atomic E-state index is 12.6. The van der Waals surface area contributed by atoms with Crippen molar-refractivity contribution in [3.8, 4) is 0 Å². The predicted molar refractivity (Wildman–Crippen MR) is 109 cm³/mol. The molecule has 10 nitrogen and oxygen atoms in total. The van der Waals surface area contributed by atoms with Crippen LogP contribution in [0.3, 0.4) is 0 Å². The van der Waals surface area contributed by atoms with Gasteiger partial charge in [-0.05, 0) is 58.1 Å². The van der Waals surface area contributed by atoms with Crippen LogP contribution in [0.25, 0.3) is 0 Å². The van der Waals surface area contributed by atoms with Crippen LogP contribution < -0.4 is 27.4 Å². The molecule has 0 spiro atoms. The van der Waals surface area contributed by atoms with E-state index in [4.69, 9.17) is 11.5 Å².